The Morgan fingerprint density at radius 3 is 2.86 bits per heavy atom. The molecule has 1 aliphatic carbocycles. The third-order valence-electron chi connectivity index (χ3n) is 4.34. The van der Waals surface area contributed by atoms with Gasteiger partial charge in [0.15, 0.2) is 0 Å². The molecule has 1 aromatic carbocycles. The van der Waals surface area contributed by atoms with Gasteiger partial charge in [-0.25, -0.2) is 4.98 Å². The van der Waals surface area contributed by atoms with E-state index in [0.29, 0.717) is 0 Å². The van der Waals surface area contributed by atoms with Crippen LogP contribution >= 0.6 is 0 Å². The van der Waals surface area contributed by atoms with Crippen molar-refractivity contribution in [3.05, 3.63) is 59.4 Å². The van der Waals surface area contributed by atoms with Crippen molar-refractivity contribution in [1.82, 2.24) is 20.2 Å². The van der Waals surface area contributed by atoms with Crippen LogP contribution in [0.2, 0.25) is 0 Å². The molecule has 22 heavy (non-hydrogen) atoms. The molecule has 0 saturated carbocycles. The third-order valence-corrected chi connectivity index (χ3v) is 4.34. The summed E-state index contributed by atoms with van der Waals surface area (Å²) in [6.07, 6.45) is 11.2. The summed E-state index contributed by atoms with van der Waals surface area (Å²) >= 11 is 0. The van der Waals surface area contributed by atoms with Crippen LogP contribution in [-0.4, -0.2) is 20.2 Å². The fourth-order valence-corrected chi connectivity index (χ4v) is 3.19. The largest absolute Gasteiger partial charge is 0.345 e. The fraction of sp³-hybridized carbons (Fsp3) is 0.222. The summed E-state index contributed by atoms with van der Waals surface area (Å²) in [6.45, 7) is 2.06. The summed E-state index contributed by atoms with van der Waals surface area (Å²) in [5.41, 5.74) is 8.74. The number of fused-ring (bicyclic) bond motifs is 1. The van der Waals surface area contributed by atoms with E-state index in [0.717, 1.165) is 24.2 Å². The number of H-pyrrole nitrogens is 2. The van der Waals surface area contributed by atoms with Crippen LogP contribution in [0.15, 0.2) is 36.9 Å². The lowest BCUT2D eigenvalue weighted by Gasteiger charge is -2.20. The monoisotopic (exact) mass is 290 g/mol. The zero-order valence-electron chi connectivity index (χ0n) is 12.6. The summed E-state index contributed by atoms with van der Waals surface area (Å²) in [5, 5.41) is 7.15. The highest BCUT2D eigenvalue weighted by Crippen LogP contribution is 2.35. The van der Waals surface area contributed by atoms with E-state index < -0.39 is 0 Å². The molecule has 0 unspecified atom stereocenters. The van der Waals surface area contributed by atoms with Gasteiger partial charge in [-0.3, -0.25) is 5.10 Å². The molecule has 0 amide bonds. The number of allylic oxidation sites excluding steroid dienone is 1. The fourth-order valence-electron chi connectivity index (χ4n) is 3.19. The number of rotatable bonds is 2. The smallest absolute Gasteiger partial charge is 0.0924 e. The molecule has 0 atom stereocenters. The van der Waals surface area contributed by atoms with Crippen molar-refractivity contribution in [1.29, 1.82) is 0 Å². The van der Waals surface area contributed by atoms with E-state index in [1.807, 2.05) is 12.4 Å². The maximum atomic E-state index is 4.14. The maximum absolute atomic E-state index is 4.14. The predicted molar refractivity (Wildman–Crippen MR) is 88.2 cm³/mol. The minimum absolute atomic E-state index is 1.06. The molecule has 0 bridgehead atoms. The summed E-state index contributed by atoms with van der Waals surface area (Å²) in [7, 11) is 0. The number of aromatic nitrogens is 4. The van der Waals surface area contributed by atoms with Crippen LogP contribution in [0.5, 0.6) is 0 Å². The molecule has 4 nitrogen and oxygen atoms in total. The molecule has 110 valence electrons. The number of hydrogen-bond acceptors (Lipinski definition) is 2. The first kappa shape index (κ1) is 13.1. The van der Waals surface area contributed by atoms with E-state index in [4.69, 9.17) is 0 Å². The van der Waals surface area contributed by atoms with Gasteiger partial charge in [-0.15, -0.1) is 0 Å². The van der Waals surface area contributed by atoms with Crippen LogP contribution in [0.4, 0.5) is 0 Å². The number of nitrogens with one attached hydrogen (secondary N) is 2. The first-order valence-corrected chi connectivity index (χ1v) is 7.64. The maximum Gasteiger partial charge on any atom is 0.0924 e. The average molecular weight is 290 g/mol. The van der Waals surface area contributed by atoms with Crippen molar-refractivity contribution >= 4 is 11.6 Å². The first-order chi connectivity index (χ1) is 10.8. The summed E-state index contributed by atoms with van der Waals surface area (Å²) < 4.78 is 0. The van der Waals surface area contributed by atoms with Crippen molar-refractivity contribution in [3.63, 3.8) is 0 Å². The predicted octanol–water partition coefficient (Wildman–Crippen LogP) is 3.99. The normalized spacial score (nSPS) is 16.0. The van der Waals surface area contributed by atoms with Crippen molar-refractivity contribution < 1.29 is 0 Å². The van der Waals surface area contributed by atoms with Crippen molar-refractivity contribution in [3.8, 4) is 11.1 Å². The topological polar surface area (TPSA) is 57.4 Å². The van der Waals surface area contributed by atoms with Gasteiger partial charge >= 0.3 is 0 Å². The Morgan fingerprint density at radius 1 is 1.14 bits per heavy atom. The number of aromatic amines is 2. The minimum atomic E-state index is 1.06. The third kappa shape index (κ3) is 2.26. The van der Waals surface area contributed by atoms with Crippen LogP contribution in [0, 0.1) is 6.92 Å². The van der Waals surface area contributed by atoms with Crippen LogP contribution in [0.1, 0.15) is 35.4 Å². The van der Waals surface area contributed by atoms with Crippen molar-refractivity contribution in [2.75, 3.05) is 0 Å². The zero-order chi connectivity index (χ0) is 14.9. The lowest BCUT2D eigenvalue weighted by molar-refractivity contribution is 0.824. The van der Waals surface area contributed by atoms with Crippen LogP contribution in [-0.2, 0) is 6.42 Å². The number of aryl methyl sites for hydroxylation is 2. The highest BCUT2D eigenvalue weighted by Gasteiger charge is 2.16. The molecule has 1 aliphatic rings. The standard InChI is InChI=1S/C18H18N4/c1-12-18(10-21-22-12)15-6-5-13-3-2-4-14(17(13)8-15)7-16-9-19-11-20-16/h5-11H,2-4H2,1H3,(H,19,20)(H,21,22). The molecule has 0 fully saturated rings. The zero-order valence-corrected chi connectivity index (χ0v) is 12.6. The SMILES string of the molecule is Cc1[nH]ncc1-c1ccc2c(c1)C(=Cc1cnc[nH]1)CCC2. The van der Waals surface area contributed by atoms with Crippen molar-refractivity contribution in [2.45, 2.75) is 26.2 Å². The highest BCUT2D eigenvalue weighted by molar-refractivity contribution is 5.85. The van der Waals surface area contributed by atoms with Gasteiger partial charge in [0.1, 0.15) is 0 Å². The van der Waals surface area contributed by atoms with Crippen LogP contribution in [0.25, 0.3) is 22.8 Å². The molecule has 0 saturated heterocycles. The molecule has 4 rings (SSSR count). The second-order valence-corrected chi connectivity index (χ2v) is 5.81. The molecule has 2 heterocycles. The van der Waals surface area contributed by atoms with Gasteiger partial charge in [0.05, 0.1) is 24.4 Å². The molecule has 0 radical (unpaired) electrons. The molecular weight excluding hydrogens is 272 g/mol. The van der Waals surface area contributed by atoms with Gasteiger partial charge in [0.25, 0.3) is 0 Å². The molecule has 0 spiro atoms. The van der Waals surface area contributed by atoms with Crippen LogP contribution in [0.3, 0.4) is 0 Å². The van der Waals surface area contributed by atoms with E-state index in [1.165, 1.54) is 34.2 Å². The van der Waals surface area contributed by atoms with Gasteiger partial charge in [0.2, 0.25) is 0 Å². The number of hydrogen-bond donors (Lipinski definition) is 2. The Hall–Kier alpha value is -2.62. The first-order valence-electron chi connectivity index (χ1n) is 7.64. The van der Waals surface area contributed by atoms with E-state index in [9.17, 15) is 0 Å². The molecule has 4 heteroatoms. The average Bonchev–Trinajstić information content (AvgIpc) is 3.19. The van der Waals surface area contributed by atoms with Crippen molar-refractivity contribution in [2.24, 2.45) is 0 Å². The van der Waals surface area contributed by atoms with E-state index in [-0.39, 0.29) is 0 Å². The minimum Gasteiger partial charge on any atom is -0.345 e. The van der Waals surface area contributed by atoms with Gasteiger partial charge in [-0.1, -0.05) is 12.1 Å². The Morgan fingerprint density at radius 2 is 2.09 bits per heavy atom. The van der Waals surface area contributed by atoms with E-state index in [1.54, 1.807) is 6.33 Å². The van der Waals surface area contributed by atoms with E-state index in [2.05, 4.69) is 51.4 Å². The lowest BCUT2D eigenvalue weighted by Crippen LogP contribution is -2.02. The molecule has 2 N–H and O–H groups in total. The summed E-state index contributed by atoms with van der Waals surface area (Å²) in [4.78, 5) is 7.26. The molecule has 3 aromatic rings. The van der Waals surface area contributed by atoms with Gasteiger partial charge in [-0.2, -0.15) is 5.10 Å². The number of benzene rings is 1. The quantitative estimate of drug-likeness (QED) is 0.750. The van der Waals surface area contributed by atoms with Crippen LogP contribution < -0.4 is 0 Å². The lowest BCUT2D eigenvalue weighted by atomic mass is 9.85. The molecule has 2 aromatic heterocycles. The summed E-state index contributed by atoms with van der Waals surface area (Å²) in [6, 6.07) is 6.77. The Balaban J connectivity index is 1.81. The van der Waals surface area contributed by atoms with E-state index >= 15 is 0 Å². The van der Waals surface area contributed by atoms with Gasteiger partial charge in [-0.05, 0) is 60.6 Å². The molecule has 0 aliphatic heterocycles. The second-order valence-electron chi connectivity index (χ2n) is 5.81. The summed E-state index contributed by atoms with van der Waals surface area (Å²) in [5.74, 6) is 0. The molecular formula is C18H18N4. The number of imidazole rings is 1. The second kappa shape index (κ2) is 5.30. The number of nitrogens with zero attached hydrogens (tertiary/aromatic N) is 2. The Bertz CT molecular complexity index is 825. The van der Waals surface area contributed by atoms with Gasteiger partial charge in [0, 0.05) is 11.3 Å². The Labute approximate surface area is 129 Å². The Kier molecular flexibility index (Phi) is 3.15. The van der Waals surface area contributed by atoms with Gasteiger partial charge < -0.3 is 4.98 Å². The highest BCUT2D eigenvalue weighted by atomic mass is 15.1.